The van der Waals surface area contributed by atoms with Crippen molar-refractivity contribution in [1.82, 2.24) is 0 Å². The van der Waals surface area contributed by atoms with Crippen LogP contribution in [0.25, 0.3) is 0 Å². The van der Waals surface area contributed by atoms with Crippen molar-refractivity contribution >= 4 is 9.84 Å². The number of hydrogen-bond acceptors (Lipinski definition) is 4. The van der Waals surface area contributed by atoms with E-state index >= 15 is 0 Å². The van der Waals surface area contributed by atoms with Gasteiger partial charge in [-0.2, -0.15) is 0 Å². The summed E-state index contributed by atoms with van der Waals surface area (Å²) in [5.74, 6) is 0. The van der Waals surface area contributed by atoms with E-state index in [9.17, 15) is 13.5 Å². The minimum absolute atomic E-state index is 0.0217. The van der Waals surface area contributed by atoms with Gasteiger partial charge >= 0.3 is 0 Å². The zero-order chi connectivity index (χ0) is 8.65. The predicted molar refractivity (Wildman–Crippen MR) is 41.8 cm³/mol. The summed E-state index contributed by atoms with van der Waals surface area (Å²) >= 11 is 0. The molecule has 1 aliphatic rings. The Kier molecular flexibility index (Phi) is 2.22. The molecule has 0 saturated carbocycles. The molecule has 1 rings (SSSR count). The monoisotopic (exact) mass is 179 g/mol. The van der Waals surface area contributed by atoms with E-state index in [1.54, 1.807) is 6.92 Å². The fourth-order valence-electron chi connectivity index (χ4n) is 1.43. The topological polar surface area (TPSA) is 80.4 Å². The van der Waals surface area contributed by atoms with Crippen LogP contribution in [-0.4, -0.2) is 36.7 Å². The number of aliphatic hydroxyl groups excluding tert-OH is 1. The van der Waals surface area contributed by atoms with E-state index in [1.165, 1.54) is 0 Å². The Balaban J connectivity index is 2.94. The molecule has 3 unspecified atom stereocenters. The maximum absolute atomic E-state index is 11.3. The predicted octanol–water partition coefficient (Wildman–Crippen LogP) is -1.12. The Bertz CT molecular complexity index is 236. The summed E-state index contributed by atoms with van der Waals surface area (Å²) in [4.78, 5) is 0. The highest BCUT2D eigenvalue weighted by molar-refractivity contribution is 7.93. The van der Waals surface area contributed by atoms with Gasteiger partial charge in [-0.1, -0.05) is 0 Å². The lowest BCUT2D eigenvalue weighted by Crippen LogP contribution is -2.34. The molecule has 0 aromatic heterocycles. The second-order valence-corrected chi connectivity index (χ2v) is 5.57. The molecule has 4 nitrogen and oxygen atoms in total. The fraction of sp³-hybridized carbons (Fsp3) is 1.00. The molecule has 3 atom stereocenters. The lowest BCUT2D eigenvalue weighted by Gasteiger charge is -2.09. The van der Waals surface area contributed by atoms with Crippen molar-refractivity contribution in [2.75, 3.05) is 6.54 Å². The molecule has 3 N–H and O–H groups in total. The smallest absolute Gasteiger partial charge is 0.159 e. The second-order valence-electron chi connectivity index (χ2n) is 2.98. The van der Waals surface area contributed by atoms with Crippen LogP contribution in [-0.2, 0) is 9.84 Å². The summed E-state index contributed by atoms with van der Waals surface area (Å²) in [6.45, 7) is 1.63. The molecule has 0 spiro atoms. The van der Waals surface area contributed by atoms with E-state index in [2.05, 4.69) is 0 Å². The third-order valence-electron chi connectivity index (χ3n) is 2.22. The average Bonchev–Trinajstić information content (AvgIpc) is 2.04. The van der Waals surface area contributed by atoms with E-state index < -0.39 is 26.4 Å². The number of nitrogens with two attached hydrogens (primary N) is 1. The van der Waals surface area contributed by atoms with E-state index in [-0.39, 0.29) is 6.54 Å². The summed E-state index contributed by atoms with van der Waals surface area (Å²) in [5, 5.41) is 8.06. The maximum Gasteiger partial charge on any atom is 0.159 e. The SMILES string of the molecule is CC1CC(O)C(CN)S1(=O)=O. The summed E-state index contributed by atoms with van der Waals surface area (Å²) in [5.41, 5.74) is 5.22. The van der Waals surface area contributed by atoms with E-state index in [0.717, 1.165) is 0 Å². The molecule has 1 aliphatic heterocycles. The van der Waals surface area contributed by atoms with Crippen molar-refractivity contribution in [3.8, 4) is 0 Å². The maximum atomic E-state index is 11.3. The van der Waals surface area contributed by atoms with Crippen molar-refractivity contribution in [2.24, 2.45) is 5.73 Å². The number of hydrogen-bond donors (Lipinski definition) is 2. The molecule has 1 fully saturated rings. The van der Waals surface area contributed by atoms with Gasteiger partial charge in [-0.05, 0) is 13.3 Å². The molecule has 11 heavy (non-hydrogen) atoms. The molecule has 5 heteroatoms. The van der Waals surface area contributed by atoms with Crippen molar-refractivity contribution in [1.29, 1.82) is 0 Å². The molecule has 0 aliphatic carbocycles. The molecule has 0 radical (unpaired) electrons. The molecule has 1 saturated heterocycles. The van der Waals surface area contributed by atoms with Gasteiger partial charge in [0.1, 0.15) is 0 Å². The van der Waals surface area contributed by atoms with Crippen LogP contribution in [0, 0.1) is 0 Å². The molecule has 1 heterocycles. The number of sulfone groups is 1. The van der Waals surface area contributed by atoms with Crippen LogP contribution in [0.5, 0.6) is 0 Å². The van der Waals surface area contributed by atoms with Gasteiger partial charge < -0.3 is 10.8 Å². The molecular formula is C6H13NO3S. The zero-order valence-electron chi connectivity index (χ0n) is 6.40. The van der Waals surface area contributed by atoms with Crippen LogP contribution in [0.15, 0.2) is 0 Å². The zero-order valence-corrected chi connectivity index (χ0v) is 7.21. The molecule has 66 valence electrons. The largest absolute Gasteiger partial charge is 0.392 e. The molecule has 0 aromatic rings. The highest BCUT2D eigenvalue weighted by Crippen LogP contribution is 2.26. The first kappa shape index (κ1) is 8.96. The first-order chi connectivity index (χ1) is 5.00. The molecule has 0 aromatic carbocycles. The van der Waals surface area contributed by atoms with Crippen molar-refractivity contribution in [3.63, 3.8) is 0 Å². The lowest BCUT2D eigenvalue weighted by atomic mass is 10.1. The lowest BCUT2D eigenvalue weighted by molar-refractivity contribution is 0.172. The Morgan fingerprint density at radius 1 is 1.64 bits per heavy atom. The molecule has 0 amide bonds. The van der Waals surface area contributed by atoms with Crippen LogP contribution >= 0.6 is 0 Å². The van der Waals surface area contributed by atoms with Crippen molar-refractivity contribution < 1.29 is 13.5 Å². The number of aliphatic hydroxyl groups is 1. The van der Waals surface area contributed by atoms with E-state index in [4.69, 9.17) is 5.73 Å². The Labute approximate surface area is 66.3 Å². The Morgan fingerprint density at radius 3 is 2.36 bits per heavy atom. The van der Waals surface area contributed by atoms with Crippen LogP contribution in [0.1, 0.15) is 13.3 Å². The highest BCUT2D eigenvalue weighted by Gasteiger charge is 2.43. The Hall–Kier alpha value is -0.130. The van der Waals surface area contributed by atoms with Gasteiger partial charge in [0.05, 0.1) is 16.6 Å². The number of rotatable bonds is 1. The first-order valence-electron chi connectivity index (χ1n) is 3.61. The minimum Gasteiger partial charge on any atom is -0.392 e. The highest BCUT2D eigenvalue weighted by atomic mass is 32.2. The van der Waals surface area contributed by atoms with Gasteiger partial charge in [0.25, 0.3) is 0 Å². The fourth-order valence-corrected chi connectivity index (χ4v) is 3.31. The third-order valence-corrected chi connectivity index (χ3v) is 4.88. The minimum atomic E-state index is -3.14. The van der Waals surface area contributed by atoms with Gasteiger partial charge in [0.2, 0.25) is 0 Å². The Morgan fingerprint density at radius 2 is 2.18 bits per heavy atom. The van der Waals surface area contributed by atoms with Gasteiger partial charge in [-0.15, -0.1) is 0 Å². The van der Waals surface area contributed by atoms with Crippen LogP contribution in [0.4, 0.5) is 0 Å². The van der Waals surface area contributed by atoms with Gasteiger partial charge in [0.15, 0.2) is 9.84 Å². The van der Waals surface area contributed by atoms with Crippen LogP contribution in [0.3, 0.4) is 0 Å². The van der Waals surface area contributed by atoms with Crippen LogP contribution in [0.2, 0.25) is 0 Å². The summed E-state index contributed by atoms with van der Waals surface area (Å²) in [6.07, 6.45) is -0.440. The van der Waals surface area contributed by atoms with Crippen molar-refractivity contribution in [2.45, 2.75) is 29.9 Å². The van der Waals surface area contributed by atoms with Crippen molar-refractivity contribution in [3.05, 3.63) is 0 Å². The average molecular weight is 179 g/mol. The van der Waals surface area contributed by atoms with Crippen LogP contribution < -0.4 is 5.73 Å². The second kappa shape index (κ2) is 2.73. The normalized spacial score (nSPS) is 42.6. The van der Waals surface area contributed by atoms with E-state index in [0.29, 0.717) is 6.42 Å². The first-order valence-corrected chi connectivity index (χ1v) is 5.22. The van der Waals surface area contributed by atoms with Gasteiger partial charge in [-0.25, -0.2) is 8.42 Å². The summed E-state index contributed by atoms with van der Waals surface area (Å²) in [7, 11) is -3.14. The standard InChI is InChI=1S/C6H13NO3S/c1-4-2-5(8)6(3-7)11(4,9)10/h4-6,8H,2-3,7H2,1H3. The van der Waals surface area contributed by atoms with Gasteiger partial charge in [0, 0.05) is 6.54 Å². The molecular weight excluding hydrogens is 166 g/mol. The quantitative estimate of drug-likeness (QED) is 0.534. The van der Waals surface area contributed by atoms with Gasteiger partial charge in [-0.3, -0.25) is 0 Å². The molecule has 0 bridgehead atoms. The van der Waals surface area contributed by atoms with E-state index in [1.807, 2.05) is 0 Å². The third kappa shape index (κ3) is 1.28. The summed E-state index contributed by atoms with van der Waals surface area (Å²) in [6, 6.07) is 0. The summed E-state index contributed by atoms with van der Waals surface area (Å²) < 4.78 is 22.6.